The number of hydrogen-bond acceptors (Lipinski definition) is 7. The molecule has 7 nitrogen and oxygen atoms in total. The predicted molar refractivity (Wildman–Crippen MR) is 113 cm³/mol. The van der Waals surface area contributed by atoms with E-state index in [1.165, 1.54) is 32.0 Å². The monoisotopic (exact) mass is 563 g/mol. The van der Waals surface area contributed by atoms with Crippen LogP contribution < -0.4 is 14.2 Å². The van der Waals surface area contributed by atoms with Gasteiger partial charge < -0.3 is 9.47 Å². The van der Waals surface area contributed by atoms with Crippen molar-refractivity contribution in [3.05, 3.63) is 39.2 Å². The first-order valence-electron chi connectivity index (χ1n) is 7.85. The largest absolute Gasteiger partial charge is 0.481 e. The highest BCUT2D eigenvalue weighted by Crippen LogP contribution is 2.40. The highest BCUT2D eigenvalue weighted by molar-refractivity contribution is 14.1. The molecule has 0 radical (unpaired) electrons. The number of para-hydroxylation sites is 1. The lowest BCUT2D eigenvalue weighted by Crippen LogP contribution is -2.28. The number of nitrogens with one attached hydrogen (secondary N) is 1. The predicted octanol–water partition coefficient (Wildman–Crippen LogP) is 3.85. The van der Waals surface area contributed by atoms with Crippen LogP contribution in [0.25, 0.3) is 0 Å². The summed E-state index contributed by atoms with van der Waals surface area (Å²) in [5, 5.41) is -0.600. The van der Waals surface area contributed by atoms with E-state index in [1.54, 1.807) is 24.5 Å². The molecule has 1 aromatic heterocycles. The maximum Gasteiger partial charge on any atom is 0.404 e. The smallest absolute Gasteiger partial charge is 0.404 e. The number of halogens is 4. The molecule has 160 valence electrons. The molecule has 1 heterocycles. The van der Waals surface area contributed by atoms with Crippen molar-refractivity contribution in [2.75, 3.05) is 31.0 Å². The summed E-state index contributed by atoms with van der Waals surface area (Å²) in [6.45, 7) is 0. The molecular weight excluding hydrogens is 546 g/mol. The second-order valence-corrected chi connectivity index (χ2v) is 9.43. The van der Waals surface area contributed by atoms with Gasteiger partial charge in [-0.05, 0) is 40.5 Å². The first-order chi connectivity index (χ1) is 13.5. The zero-order chi connectivity index (χ0) is 21.8. The fourth-order valence-electron chi connectivity index (χ4n) is 2.39. The van der Waals surface area contributed by atoms with E-state index in [-0.39, 0.29) is 23.3 Å². The number of sulfonamides is 1. The molecule has 0 amide bonds. The standard InChI is InChI=1S/C16H17F3IN3O4S2/c1-26-11-7-12(27-2)22-15(21-11)14(28-3)9-5-4-6-10(20)13(9)23-29(24,25)8-16(17,18)19/h4-7,14,23H,8H2,1-3H3. The molecule has 0 aliphatic heterocycles. The number of thioether (sulfide) groups is 1. The van der Waals surface area contributed by atoms with Crippen molar-refractivity contribution in [2.24, 2.45) is 0 Å². The third-order valence-corrected chi connectivity index (χ3v) is 6.58. The van der Waals surface area contributed by atoms with E-state index in [0.717, 1.165) is 0 Å². The Morgan fingerprint density at radius 3 is 2.28 bits per heavy atom. The van der Waals surface area contributed by atoms with Crippen LogP contribution in [-0.4, -0.2) is 50.8 Å². The SMILES string of the molecule is COc1cc(OC)nc(C(SC)c2cccc(I)c2NS(=O)(=O)CC(F)(F)F)n1. The number of alkyl halides is 3. The van der Waals surface area contributed by atoms with Crippen LogP contribution in [0.1, 0.15) is 16.6 Å². The van der Waals surface area contributed by atoms with Crippen molar-refractivity contribution < 1.29 is 31.1 Å². The first kappa shape index (κ1) is 23.8. The van der Waals surface area contributed by atoms with Crippen molar-refractivity contribution in [2.45, 2.75) is 11.4 Å². The van der Waals surface area contributed by atoms with Crippen LogP contribution in [0, 0.1) is 3.57 Å². The Morgan fingerprint density at radius 2 is 1.79 bits per heavy atom. The minimum absolute atomic E-state index is 0.0436. The Kier molecular flexibility index (Phi) is 7.84. The third kappa shape index (κ3) is 6.50. The molecule has 1 unspecified atom stereocenters. The topological polar surface area (TPSA) is 90.4 Å². The van der Waals surface area contributed by atoms with Crippen molar-refractivity contribution in [1.29, 1.82) is 0 Å². The highest BCUT2D eigenvalue weighted by atomic mass is 127. The van der Waals surface area contributed by atoms with Crippen LogP contribution >= 0.6 is 34.4 Å². The van der Waals surface area contributed by atoms with E-state index in [2.05, 4.69) is 14.7 Å². The number of rotatable bonds is 8. The average Bonchev–Trinajstić information content (AvgIpc) is 2.62. The summed E-state index contributed by atoms with van der Waals surface area (Å²) in [4.78, 5) is 8.56. The van der Waals surface area contributed by atoms with Crippen LogP contribution in [0.2, 0.25) is 0 Å². The zero-order valence-corrected chi connectivity index (χ0v) is 19.2. The van der Waals surface area contributed by atoms with Crippen LogP contribution in [0.15, 0.2) is 24.3 Å². The van der Waals surface area contributed by atoms with Crippen molar-refractivity contribution >= 4 is 50.1 Å². The molecular formula is C16H17F3IN3O4S2. The minimum Gasteiger partial charge on any atom is -0.481 e. The van der Waals surface area contributed by atoms with E-state index >= 15 is 0 Å². The number of ether oxygens (including phenoxy) is 2. The number of methoxy groups -OCH3 is 2. The van der Waals surface area contributed by atoms with Gasteiger partial charge >= 0.3 is 6.18 Å². The van der Waals surface area contributed by atoms with Crippen LogP contribution in [-0.2, 0) is 10.0 Å². The summed E-state index contributed by atoms with van der Waals surface area (Å²) >= 11 is 3.13. The minimum atomic E-state index is -4.87. The van der Waals surface area contributed by atoms with Gasteiger partial charge in [0.2, 0.25) is 21.8 Å². The molecule has 0 saturated heterocycles. The third-order valence-electron chi connectivity index (χ3n) is 3.52. The van der Waals surface area contributed by atoms with Crippen LogP contribution in [0.4, 0.5) is 18.9 Å². The van der Waals surface area contributed by atoms with Crippen LogP contribution in [0.3, 0.4) is 0 Å². The Hall–Kier alpha value is -1.48. The van der Waals surface area contributed by atoms with Gasteiger partial charge in [0.1, 0.15) is 0 Å². The summed E-state index contributed by atoms with van der Waals surface area (Å²) < 4.78 is 74.8. The van der Waals surface area contributed by atoms with E-state index < -0.39 is 27.2 Å². The molecule has 0 aliphatic carbocycles. The maximum atomic E-state index is 12.6. The molecule has 13 heteroatoms. The van der Waals surface area contributed by atoms with Crippen LogP contribution in [0.5, 0.6) is 11.8 Å². The molecule has 0 aliphatic rings. The summed E-state index contributed by atoms with van der Waals surface area (Å²) in [6, 6.07) is 6.33. The Balaban J connectivity index is 2.55. The molecule has 2 aromatic rings. The number of nitrogens with zero attached hydrogens (tertiary/aromatic N) is 2. The second-order valence-electron chi connectivity index (χ2n) is 5.61. The summed E-state index contributed by atoms with van der Waals surface area (Å²) in [7, 11) is -1.83. The normalized spacial score (nSPS) is 13.1. The lowest BCUT2D eigenvalue weighted by Gasteiger charge is -2.21. The summed E-state index contributed by atoms with van der Waals surface area (Å²) in [6.07, 6.45) is -3.12. The van der Waals surface area contributed by atoms with Gasteiger partial charge in [-0.1, -0.05) is 12.1 Å². The lowest BCUT2D eigenvalue weighted by atomic mass is 10.1. The Labute approximate surface area is 184 Å². The van der Waals surface area contributed by atoms with Gasteiger partial charge in [0.25, 0.3) is 0 Å². The number of benzene rings is 1. The van der Waals surface area contributed by atoms with Gasteiger partial charge in [0.05, 0.1) is 31.2 Å². The lowest BCUT2D eigenvalue weighted by molar-refractivity contribution is -0.106. The Morgan fingerprint density at radius 1 is 1.21 bits per heavy atom. The Bertz CT molecular complexity index is 952. The fraction of sp³-hybridized carbons (Fsp3) is 0.375. The maximum absolute atomic E-state index is 12.6. The van der Waals surface area contributed by atoms with Crippen molar-refractivity contribution in [3.63, 3.8) is 0 Å². The first-order valence-corrected chi connectivity index (χ1v) is 11.9. The van der Waals surface area contributed by atoms with E-state index in [0.29, 0.717) is 9.13 Å². The van der Waals surface area contributed by atoms with Gasteiger partial charge in [-0.2, -0.15) is 23.1 Å². The molecule has 0 bridgehead atoms. The molecule has 29 heavy (non-hydrogen) atoms. The van der Waals surface area contributed by atoms with E-state index in [4.69, 9.17) is 9.47 Å². The average molecular weight is 563 g/mol. The van der Waals surface area contributed by atoms with Gasteiger partial charge in [-0.15, -0.1) is 11.8 Å². The number of hydrogen-bond donors (Lipinski definition) is 1. The molecule has 0 fully saturated rings. The fourth-order valence-corrected chi connectivity index (χ4v) is 5.04. The summed E-state index contributed by atoms with van der Waals surface area (Å²) in [5.74, 6) is -1.27. The van der Waals surface area contributed by atoms with E-state index in [9.17, 15) is 21.6 Å². The van der Waals surface area contributed by atoms with Gasteiger partial charge in [-0.3, -0.25) is 4.72 Å². The molecule has 0 saturated carbocycles. The zero-order valence-electron chi connectivity index (χ0n) is 15.4. The van der Waals surface area contributed by atoms with Gasteiger partial charge in [0, 0.05) is 3.57 Å². The molecule has 1 atom stereocenters. The van der Waals surface area contributed by atoms with Gasteiger partial charge in [-0.25, -0.2) is 8.42 Å². The molecule has 1 aromatic carbocycles. The van der Waals surface area contributed by atoms with Gasteiger partial charge in [0.15, 0.2) is 11.6 Å². The highest BCUT2D eigenvalue weighted by Gasteiger charge is 2.36. The molecule has 1 N–H and O–H groups in total. The molecule has 0 spiro atoms. The van der Waals surface area contributed by atoms with E-state index in [1.807, 2.05) is 22.6 Å². The van der Waals surface area contributed by atoms with Crippen molar-refractivity contribution in [3.8, 4) is 11.8 Å². The number of aromatic nitrogens is 2. The summed E-state index contributed by atoms with van der Waals surface area (Å²) in [5.41, 5.74) is 0.451. The van der Waals surface area contributed by atoms with Crippen molar-refractivity contribution in [1.82, 2.24) is 9.97 Å². The molecule has 2 rings (SSSR count). The second kappa shape index (κ2) is 9.55. The quantitative estimate of drug-likeness (QED) is 0.488. The number of anilines is 1.